The van der Waals surface area contributed by atoms with Crippen LogP contribution in [0.3, 0.4) is 0 Å². The summed E-state index contributed by atoms with van der Waals surface area (Å²) in [6, 6.07) is 4.19. The van der Waals surface area contributed by atoms with Gasteiger partial charge in [0.1, 0.15) is 5.60 Å². The first-order chi connectivity index (χ1) is 13.9. The van der Waals surface area contributed by atoms with Gasteiger partial charge in [0.25, 0.3) is 0 Å². The SMILES string of the molecule is CC(C)(C)OC(=O)N1CCC(c2ccc(C(F)(F)F)cc2N2CCC(N)CC2)CC1. The van der Waals surface area contributed by atoms with Crippen LogP contribution < -0.4 is 10.6 Å². The number of ether oxygens (including phenoxy) is 1. The van der Waals surface area contributed by atoms with E-state index in [2.05, 4.69) is 0 Å². The summed E-state index contributed by atoms with van der Waals surface area (Å²) in [5.74, 6) is 0.108. The standard InChI is InChI=1S/C22H32F3N3O2/c1-21(2,3)30-20(29)28-10-6-15(7-11-28)18-5-4-16(22(23,24)25)14-19(18)27-12-8-17(26)9-13-27/h4-5,14-15,17H,6-13,26H2,1-3H3. The zero-order valence-electron chi connectivity index (χ0n) is 18.0. The van der Waals surface area contributed by atoms with Crippen LogP contribution in [0.25, 0.3) is 0 Å². The second kappa shape index (κ2) is 8.65. The highest BCUT2D eigenvalue weighted by atomic mass is 19.4. The average Bonchev–Trinajstić information content (AvgIpc) is 2.66. The number of nitrogens with two attached hydrogens (primary N) is 1. The van der Waals surface area contributed by atoms with Crippen molar-refractivity contribution >= 4 is 11.8 Å². The van der Waals surface area contributed by atoms with E-state index in [1.807, 2.05) is 25.7 Å². The van der Waals surface area contributed by atoms with Crippen LogP contribution >= 0.6 is 0 Å². The molecule has 0 bridgehead atoms. The molecule has 1 aromatic rings. The Balaban J connectivity index is 1.78. The van der Waals surface area contributed by atoms with Gasteiger partial charge in [0, 0.05) is 37.9 Å². The number of anilines is 1. The highest BCUT2D eigenvalue weighted by Crippen LogP contribution is 2.40. The number of alkyl halides is 3. The number of piperidine rings is 2. The van der Waals surface area contributed by atoms with Gasteiger partial charge < -0.3 is 20.3 Å². The normalized spacial score (nSPS) is 19.8. The molecule has 3 rings (SSSR count). The van der Waals surface area contributed by atoms with Gasteiger partial charge in [-0.2, -0.15) is 13.2 Å². The van der Waals surface area contributed by atoms with E-state index in [0.717, 1.165) is 18.4 Å². The molecule has 168 valence electrons. The van der Waals surface area contributed by atoms with Gasteiger partial charge in [0.05, 0.1) is 5.56 Å². The Morgan fingerprint density at radius 3 is 2.17 bits per heavy atom. The lowest BCUT2D eigenvalue weighted by Crippen LogP contribution is -2.42. The summed E-state index contributed by atoms with van der Waals surface area (Å²) >= 11 is 0. The molecule has 2 heterocycles. The predicted molar refractivity (Wildman–Crippen MR) is 111 cm³/mol. The van der Waals surface area contributed by atoms with E-state index < -0.39 is 17.3 Å². The number of hydrogen-bond donors (Lipinski definition) is 1. The number of carbonyl (C=O) groups excluding carboxylic acids is 1. The molecule has 2 saturated heterocycles. The average molecular weight is 428 g/mol. The third kappa shape index (κ3) is 5.59. The second-order valence-electron chi connectivity index (χ2n) is 9.34. The van der Waals surface area contributed by atoms with Gasteiger partial charge in [-0.15, -0.1) is 0 Å². The minimum absolute atomic E-state index is 0.104. The van der Waals surface area contributed by atoms with Gasteiger partial charge in [-0.3, -0.25) is 0 Å². The number of halogens is 3. The van der Waals surface area contributed by atoms with E-state index in [9.17, 15) is 18.0 Å². The Kier molecular flexibility index (Phi) is 6.55. The maximum Gasteiger partial charge on any atom is 0.416 e. The molecule has 2 aliphatic rings. The van der Waals surface area contributed by atoms with Crippen LogP contribution in [0.15, 0.2) is 18.2 Å². The molecule has 0 spiro atoms. The fourth-order valence-electron chi connectivity index (χ4n) is 4.18. The van der Waals surface area contributed by atoms with Crippen LogP contribution in [0.2, 0.25) is 0 Å². The van der Waals surface area contributed by atoms with Gasteiger partial charge in [0.15, 0.2) is 0 Å². The van der Waals surface area contributed by atoms with Crippen molar-refractivity contribution in [3.05, 3.63) is 29.3 Å². The maximum atomic E-state index is 13.3. The van der Waals surface area contributed by atoms with Gasteiger partial charge >= 0.3 is 12.3 Å². The highest BCUT2D eigenvalue weighted by Gasteiger charge is 2.34. The summed E-state index contributed by atoms with van der Waals surface area (Å²) < 4.78 is 45.5. The zero-order chi connectivity index (χ0) is 22.1. The minimum atomic E-state index is -4.38. The van der Waals surface area contributed by atoms with E-state index in [-0.39, 0.29) is 18.1 Å². The van der Waals surface area contributed by atoms with Gasteiger partial charge in [-0.25, -0.2) is 4.79 Å². The first kappa shape index (κ1) is 22.7. The Morgan fingerprint density at radius 2 is 1.63 bits per heavy atom. The molecular weight excluding hydrogens is 395 g/mol. The van der Waals surface area contributed by atoms with Crippen molar-refractivity contribution in [1.82, 2.24) is 4.90 Å². The van der Waals surface area contributed by atoms with Crippen molar-refractivity contribution in [2.75, 3.05) is 31.1 Å². The van der Waals surface area contributed by atoms with E-state index in [1.54, 1.807) is 11.0 Å². The highest BCUT2D eigenvalue weighted by molar-refractivity contribution is 5.68. The second-order valence-corrected chi connectivity index (χ2v) is 9.34. The van der Waals surface area contributed by atoms with Crippen molar-refractivity contribution < 1.29 is 22.7 Å². The zero-order valence-corrected chi connectivity index (χ0v) is 18.0. The molecule has 5 nitrogen and oxygen atoms in total. The summed E-state index contributed by atoms with van der Waals surface area (Å²) in [6.45, 7) is 7.87. The van der Waals surface area contributed by atoms with Crippen LogP contribution in [-0.4, -0.2) is 48.8 Å². The molecule has 2 aliphatic heterocycles. The summed E-state index contributed by atoms with van der Waals surface area (Å²) in [7, 11) is 0. The molecule has 2 N–H and O–H groups in total. The third-order valence-corrected chi connectivity index (χ3v) is 5.82. The number of likely N-dealkylation sites (tertiary alicyclic amines) is 1. The summed E-state index contributed by atoms with van der Waals surface area (Å²) in [6.07, 6.45) is -1.77. The number of rotatable bonds is 2. The summed E-state index contributed by atoms with van der Waals surface area (Å²) in [5, 5.41) is 0. The van der Waals surface area contributed by atoms with Crippen LogP contribution in [0, 0.1) is 0 Å². The number of nitrogens with zero attached hydrogens (tertiary/aromatic N) is 2. The molecule has 0 saturated carbocycles. The molecule has 0 aliphatic carbocycles. The van der Waals surface area contributed by atoms with Crippen molar-refractivity contribution in [3.8, 4) is 0 Å². The molecular formula is C22H32F3N3O2. The fourth-order valence-corrected chi connectivity index (χ4v) is 4.18. The van der Waals surface area contributed by atoms with E-state index in [0.29, 0.717) is 44.7 Å². The molecule has 0 aromatic heterocycles. The fraction of sp³-hybridized carbons (Fsp3) is 0.682. The number of carbonyl (C=O) groups is 1. The van der Waals surface area contributed by atoms with Gasteiger partial charge in [-0.1, -0.05) is 6.07 Å². The molecule has 0 radical (unpaired) electrons. The quantitative estimate of drug-likeness (QED) is 0.740. The van der Waals surface area contributed by atoms with Gasteiger partial charge in [0.2, 0.25) is 0 Å². The lowest BCUT2D eigenvalue weighted by atomic mass is 9.87. The maximum absolute atomic E-state index is 13.3. The number of amides is 1. The molecule has 1 amide bonds. The first-order valence-corrected chi connectivity index (χ1v) is 10.6. The topological polar surface area (TPSA) is 58.8 Å². The van der Waals surface area contributed by atoms with Crippen LogP contribution in [0.4, 0.5) is 23.7 Å². The van der Waals surface area contributed by atoms with E-state index in [4.69, 9.17) is 10.5 Å². The molecule has 0 unspecified atom stereocenters. The predicted octanol–water partition coefficient (Wildman–Crippen LogP) is 4.75. The van der Waals surface area contributed by atoms with E-state index in [1.165, 1.54) is 12.1 Å². The largest absolute Gasteiger partial charge is 0.444 e. The lowest BCUT2D eigenvalue weighted by Gasteiger charge is -2.38. The molecule has 8 heteroatoms. The van der Waals surface area contributed by atoms with Crippen LogP contribution in [0.5, 0.6) is 0 Å². The van der Waals surface area contributed by atoms with Crippen LogP contribution in [-0.2, 0) is 10.9 Å². The first-order valence-electron chi connectivity index (χ1n) is 10.6. The number of benzene rings is 1. The third-order valence-electron chi connectivity index (χ3n) is 5.82. The Bertz CT molecular complexity index is 745. The molecule has 1 aromatic carbocycles. The smallest absolute Gasteiger partial charge is 0.416 e. The van der Waals surface area contributed by atoms with Crippen molar-refractivity contribution in [2.45, 2.75) is 70.2 Å². The lowest BCUT2D eigenvalue weighted by molar-refractivity contribution is -0.137. The Hall–Kier alpha value is -1.96. The van der Waals surface area contributed by atoms with Crippen molar-refractivity contribution in [3.63, 3.8) is 0 Å². The monoisotopic (exact) mass is 427 g/mol. The van der Waals surface area contributed by atoms with Crippen LogP contribution in [0.1, 0.15) is 63.5 Å². The van der Waals surface area contributed by atoms with Crippen molar-refractivity contribution in [2.24, 2.45) is 5.73 Å². The minimum Gasteiger partial charge on any atom is -0.444 e. The Labute approximate surface area is 176 Å². The van der Waals surface area contributed by atoms with E-state index >= 15 is 0 Å². The summed E-state index contributed by atoms with van der Waals surface area (Å²) in [4.78, 5) is 16.0. The Morgan fingerprint density at radius 1 is 1.03 bits per heavy atom. The molecule has 2 fully saturated rings. The number of hydrogen-bond acceptors (Lipinski definition) is 4. The van der Waals surface area contributed by atoms with Crippen molar-refractivity contribution in [1.29, 1.82) is 0 Å². The summed E-state index contributed by atoms with van der Waals surface area (Å²) in [5.41, 5.74) is 6.40. The molecule has 30 heavy (non-hydrogen) atoms. The van der Waals surface area contributed by atoms with Gasteiger partial charge in [-0.05, 0) is 70.1 Å². The molecule has 0 atom stereocenters.